The van der Waals surface area contributed by atoms with Gasteiger partial charge in [-0.05, 0) is 67.3 Å². The Kier molecular flexibility index (Phi) is 10.2. The van der Waals surface area contributed by atoms with Gasteiger partial charge in [-0.2, -0.15) is 4.98 Å². The van der Waals surface area contributed by atoms with E-state index < -0.39 is 20.9 Å². The molecule has 5 rings (SSSR count). The van der Waals surface area contributed by atoms with Crippen molar-refractivity contribution in [2.45, 2.75) is 38.6 Å². The fourth-order valence-corrected chi connectivity index (χ4v) is 6.32. The summed E-state index contributed by atoms with van der Waals surface area (Å²) in [6.45, 7) is 7.00. The van der Waals surface area contributed by atoms with Crippen molar-refractivity contribution in [1.82, 2.24) is 14.9 Å². The number of nitrogens with one attached hydrogen (secondary N) is 2. The summed E-state index contributed by atoms with van der Waals surface area (Å²) in [4.78, 5) is 30.9. The highest BCUT2D eigenvalue weighted by Crippen LogP contribution is 2.33. The lowest BCUT2D eigenvalue weighted by Crippen LogP contribution is -2.31. The third-order valence-electron chi connectivity index (χ3n) is 7.77. The average Bonchev–Trinajstić information content (AvgIpc) is 3.57. The van der Waals surface area contributed by atoms with E-state index in [2.05, 4.69) is 38.9 Å². The Morgan fingerprint density at radius 3 is 2.48 bits per heavy atom. The second-order valence-electron chi connectivity index (χ2n) is 11.8. The SMILES string of the molecule is Cc1ccccc1S(=O)(=O)NC(=O)c1cccc(-c2nc(-c3ccc(N(C)CCC(C)C)c(NCc4ccccc4[N+](=O)[O-])c3)no2)c1. The lowest BCUT2D eigenvalue weighted by Gasteiger charge is -2.24. The Hall–Kier alpha value is -5.56. The molecule has 0 saturated carbocycles. The van der Waals surface area contributed by atoms with Crippen LogP contribution in [0.5, 0.6) is 0 Å². The molecule has 4 aromatic carbocycles. The number of nitro groups is 1. The van der Waals surface area contributed by atoms with E-state index in [0.29, 0.717) is 28.2 Å². The van der Waals surface area contributed by atoms with Crippen LogP contribution in [-0.4, -0.2) is 43.0 Å². The summed E-state index contributed by atoms with van der Waals surface area (Å²) in [5.41, 5.74) is 3.88. The zero-order chi connectivity index (χ0) is 34.4. The maximum Gasteiger partial charge on any atom is 0.274 e. The first-order valence-electron chi connectivity index (χ1n) is 15.3. The number of benzene rings is 4. The largest absolute Gasteiger partial charge is 0.379 e. The lowest BCUT2D eigenvalue weighted by molar-refractivity contribution is -0.385. The standard InChI is InChI=1S/C35H36N6O6S/c1-23(2)18-19-40(4)31-17-16-25(21-29(31)36-22-28-11-6-7-14-30(28)41(43)44)33-37-35(47-38-33)27-13-9-12-26(20-27)34(42)39-48(45,46)32-15-8-5-10-24(32)3/h5-17,20-21,23,36H,18-19,22H2,1-4H3,(H,39,42). The number of hydrogen-bond acceptors (Lipinski definition) is 10. The first-order valence-corrected chi connectivity index (χ1v) is 16.8. The molecule has 5 aromatic rings. The summed E-state index contributed by atoms with van der Waals surface area (Å²) in [6, 6.07) is 24.9. The van der Waals surface area contributed by atoms with Crippen LogP contribution in [0, 0.1) is 23.0 Å². The molecule has 1 heterocycles. The number of sulfonamides is 1. The Morgan fingerprint density at radius 2 is 1.73 bits per heavy atom. The highest BCUT2D eigenvalue weighted by atomic mass is 32.2. The van der Waals surface area contributed by atoms with Crippen LogP contribution in [0.2, 0.25) is 0 Å². The van der Waals surface area contributed by atoms with Gasteiger partial charge in [0.15, 0.2) is 0 Å². The molecule has 0 aliphatic carbocycles. The van der Waals surface area contributed by atoms with Gasteiger partial charge in [-0.3, -0.25) is 14.9 Å². The third-order valence-corrected chi connectivity index (χ3v) is 9.26. The molecule has 0 fully saturated rings. The first-order chi connectivity index (χ1) is 22.9. The Labute approximate surface area is 279 Å². The van der Waals surface area contributed by atoms with Gasteiger partial charge in [-0.15, -0.1) is 0 Å². The van der Waals surface area contributed by atoms with Gasteiger partial charge < -0.3 is 14.7 Å². The number of anilines is 2. The second-order valence-corrected chi connectivity index (χ2v) is 13.4. The van der Waals surface area contributed by atoms with Crippen LogP contribution in [0.25, 0.3) is 22.8 Å². The summed E-state index contributed by atoms with van der Waals surface area (Å²) < 4.78 is 33.4. The second kappa shape index (κ2) is 14.5. The van der Waals surface area contributed by atoms with Crippen LogP contribution in [0.4, 0.5) is 17.1 Å². The van der Waals surface area contributed by atoms with Crippen molar-refractivity contribution in [2.24, 2.45) is 5.92 Å². The maximum absolute atomic E-state index is 13.0. The number of aromatic nitrogens is 2. The number of para-hydroxylation sites is 1. The molecule has 0 unspecified atom stereocenters. The van der Waals surface area contributed by atoms with E-state index in [0.717, 1.165) is 24.3 Å². The minimum absolute atomic E-state index is 0.0176. The predicted octanol–water partition coefficient (Wildman–Crippen LogP) is 6.83. The van der Waals surface area contributed by atoms with Gasteiger partial charge in [0.1, 0.15) is 0 Å². The van der Waals surface area contributed by atoms with Crippen LogP contribution >= 0.6 is 0 Å². The number of carbonyl (C=O) groups is 1. The van der Waals surface area contributed by atoms with E-state index in [-0.39, 0.29) is 34.4 Å². The minimum Gasteiger partial charge on any atom is -0.379 e. The number of aryl methyl sites for hydroxylation is 1. The van der Waals surface area contributed by atoms with Crippen LogP contribution in [-0.2, 0) is 16.6 Å². The van der Waals surface area contributed by atoms with E-state index in [1.54, 1.807) is 55.5 Å². The van der Waals surface area contributed by atoms with Crippen molar-refractivity contribution < 1.29 is 22.7 Å². The molecule has 48 heavy (non-hydrogen) atoms. The van der Waals surface area contributed by atoms with Crippen LogP contribution in [0.3, 0.4) is 0 Å². The van der Waals surface area contributed by atoms with E-state index in [4.69, 9.17) is 4.52 Å². The summed E-state index contributed by atoms with van der Waals surface area (Å²) in [5, 5.41) is 19.1. The van der Waals surface area contributed by atoms with Crippen molar-refractivity contribution in [1.29, 1.82) is 0 Å². The van der Waals surface area contributed by atoms with Gasteiger partial charge in [0.2, 0.25) is 5.82 Å². The molecule has 0 atom stereocenters. The zero-order valence-corrected chi connectivity index (χ0v) is 27.8. The summed E-state index contributed by atoms with van der Waals surface area (Å²) >= 11 is 0. The Morgan fingerprint density at radius 1 is 0.979 bits per heavy atom. The molecule has 2 N–H and O–H groups in total. The molecule has 1 aromatic heterocycles. The number of nitrogens with zero attached hydrogens (tertiary/aromatic N) is 4. The molecule has 0 aliphatic heterocycles. The highest BCUT2D eigenvalue weighted by molar-refractivity contribution is 7.90. The van der Waals surface area contributed by atoms with E-state index in [1.807, 2.05) is 25.2 Å². The molecule has 0 aliphatic rings. The summed E-state index contributed by atoms with van der Waals surface area (Å²) in [5.74, 6) is 0.127. The van der Waals surface area contributed by atoms with Crippen LogP contribution < -0.4 is 14.9 Å². The molecular formula is C35H36N6O6S. The highest BCUT2D eigenvalue weighted by Gasteiger charge is 2.22. The Balaban J connectivity index is 1.40. The Bertz CT molecular complexity index is 2060. The van der Waals surface area contributed by atoms with Gasteiger partial charge in [0.05, 0.1) is 21.2 Å². The number of nitro benzene ring substituents is 1. The predicted molar refractivity (Wildman–Crippen MR) is 184 cm³/mol. The molecule has 0 radical (unpaired) electrons. The molecule has 1 amide bonds. The molecule has 12 nitrogen and oxygen atoms in total. The summed E-state index contributed by atoms with van der Waals surface area (Å²) in [7, 11) is -2.10. The first kappa shape index (κ1) is 33.8. The average molecular weight is 669 g/mol. The normalized spacial score (nSPS) is 11.4. The number of amides is 1. The minimum atomic E-state index is -4.09. The fourth-order valence-electron chi connectivity index (χ4n) is 5.10. The molecule has 13 heteroatoms. The van der Waals surface area contributed by atoms with E-state index in [9.17, 15) is 23.3 Å². The molecule has 0 saturated heterocycles. The van der Waals surface area contributed by atoms with E-state index >= 15 is 0 Å². The smallest absolute Gasteiger partial charge is 0.274 e. The molecular weight excluding hydrogens is 632 g/mol. The lowest BCUT2D eigenvalue weighted by atomic mass is 10.1. The number of carbonyl (C=O) groups excluding carboxylic acids is 1. The van der Waals surface area contributed by atoms with Crippen molar-refractivity contribution in [3.05, 3.63) is 118 Å². The van der Waals surface area contributed by atoms with E-state index in [1.165, 1.54) is 24.3 Å². The van der Waals surface area contributed by atoms with Gasteiger partial charge >= 0.3 is 0 Å². The molecule has 248 valence electrons. The summed E-state index contributed by atoms with van der Waals surface area (Å²) in [6.07, 6.45) is 0.977. The molecule has 0 bridgehead atoms. The van der Waals surface area contributed by atoms with Gasteiger partial charge in [0, 0.05) is 48.5 Å². The quantitative estimate of drug-likeness (QED) is 0.100. The van der Waals surface area contributed by atoms with Gasteiger partial charge in [0.25, 0.3) is 27.5 Å². The maximum atomic E-state index is 13.0. The number of hydrogen-bond donors (Lipinski definition) is 2. The topological polar surface area (TPSA) is 161 Å². The zero-order valence-electron chi connectivity index (χ0n) is 27.0. The van der Waals surface area contributed by atoms with Crippen molar-refractivity contribution in [3.8, 4) is 22.8 Å². The van der Waals surface area contributed by atoms with Gasteiger partial charge in [-0.1, -0.05) is 61.5 Å². The van der Waals surface area contributed by atoms with Crippen molar-refractivity contribution in [2.75, 3.05) is 23.8 Å². The van der Waals surface area contributed by atoms with Crippen molar-refractivity contribution in [3.63, 3.8) is 0 Å². The van der Waals surface area contributed by atoms with Crippen molar-refractivity contribution >= 4 is 33.0 Å². The van der Waals surface area contributed by atoms with Crippen LogP contribution in [0.15, 0.2) is 100 Å². The molecule has 0 spiro atoms. The van der Waals surface area contributed by atoms with Gasteiger partial charge in [-0.25, -0.2) is 13.1 Å². The number of rotatable bonds is 13. The third kappa shape index (κ3) is 7.86. The monoisotopic (exact) mass is 668 g/mol. The fraction of sp³-hybridized carbons (Fsp3) is 0.229. The van der Waals surface area contributed by atoms with Crippen LogP contribution in [0.1, 0.15) is 41.8 Å².